The molecule has 2 amide bonds. The summed E-state index contributed by atoms with van der Waals surface area (Å²) < 4.78 is 10.9. The predicted octanol–water partition coefficient (Wildman–Crippen LogP) is 4.76. The van der Waals surface area contributed by atoms with Crippen LogP contribution in [0.15, 0.2) is 60.7 Å². The molecule has 3 aromatic carbocycles. The molecule has 1 aliphatic carbocycles. The molecule has 33 heavy (non-hydrogen) atoms. The van der Waals surface area contributed by atoms with Crippen LogP contribution in [-0.4, -0.2) is 37.6 Å². The minimum atomic E-state index is -0.512. The summed E-state index contributed by atoms with van der Waals surface area (Å²) in [5.41, 5.74) is 5.02. The molecule has 1 N–H and O–H groups in total. The second-order valence-corrected chi connectivity index (χ2v) is 8.91. The van der Waals surface area contributed by atoms with Crippen LogP contribution in [0, 0.1) is 6.92 Å². The number of hydrogen-bond donors (Lipinski definition) is 1. The molecule has 2 aliphatic rings. The molecule has 0 spiro atoms. The van der Waals surface area contributed by atoms with Gasteiger partial charge in [0, 0.05) is 25.3 Å². The van der Waals surface area contributed by atoms with Crippen molar-refractivity contribution in [1.82, 2.24) is 4.90 Å². The lowest BCUT2D eigenvalue weighted by Gasteiger charge is -2.17. The van der Waals surface area contributed by atoms with Gasteiger partial charge in [-0.15, -0.1) is 0 Å². The van der Waals surface area contributed by atoms with Gasteiger partial charge in [-0.25, -0.2) is 0 Å². The van der Waals surface area contributed by atoms with Crippen molar-refractivity contribution in [2.24, 2.45) is 0 Å². The molecule has 3 aromatic rings. The van der Waals surface area contributed by atoms with Gasteiger partial charge < -0.3 is 19.7 Å². The Bertz CT molecular complexity index is 1240. The SMILES string of the molecule is Cc1cc(NC(=O)C2(c3ccc4c(c3)OCO4)CC2)ccc1-c1ccc(C(=O)N(C)C)cc1. The van der Waals surface area contributed by atoms with Crippen LogP contribution < -0.4 is 14.8 Å². The standard InChI is InChI=1S/C27H26N2O4/c1-17-14-21(9-10-22(17)18-4-6-19(7-5-18)25(30)29(2)3)28-26(31)27(12-13-27)20-8-11-23-24(15-20)33-16-32-23/h4-11,14-15H,12-13,16H2,1-3H3,(H,28,31). The highest BCUT2D eigenvalue weighted by molar-refractivity contribution is 6.01. The van der Waals surface area contributed by atoms with Crippen molar-refractivity contribution in [3.8, 4) is 22.6 Å². The number of ether oxygens (including phenoxy) is 2. The van der Waals surface area contributed by atoms with Crippen LogP contribution in [0.25, 0.3) is 11.1 Å². The Labute approximate surface area is 193 Å². The summed E-state index contributed by atoms with van der Waals surface area (Å²) in [4.78, 5) is 26.9. The van der Waals surface area contributed by atoms with E-state index in [9.17, 15) is 9.59 Å². The maximum Gasteiger partial charge on any atom is 0.253 e. The van der Waals surface area contributed by atoms with E-state index in [1.165, 1.54) is 0 Å². The summed E-state index contributed by atoms with van der Waals surface area (Å²) in [5, 5.41) is 3.11. The van der Waals surface area contributed by atoms with E-state index in [1.54, 1.807) is 19.0 Å². The Kier molecular flexibility index (Phi) is 5.08. The Balaban J connectivity index is 1.33. The Hall–Kier alpha value is -3.80. The maximum absolute atomic E-state index is 13.2. The molecular weight excluding hydrogens is 416 g/mol. The van der Waals surface area contributed by atoms with Crippen LogP contribution in [0.1, 0.15) is 34.3 Å². The molecule has 1 heterocycles. The van der Waals surface area contributed by atoms with Crippen molar-refractivity contribution >= 4 is 17.5 Å². The third kappa shape index (κ3) is 3.82. The number of fused-ring (bicyclic) bond motifs is 1. The van der Waals surface area contributed by atoms with Crippen molar-refractivity contribution in [2.45, 2.75) is 25.2 Å². The first-order chi connectivity index (χ1) is 15.9. The monoisotopic (exact) mass is 442 g/mol. The number of aryl methyl sites for hydroxylation is 1. The predicted molar refractivity (Wildman–Crippen MR) is 127 cm³/mol. The topological polar surface area (TPSA) is 67.9 Å². The van der Waals surface area contributed by atoms with Gasteiger partial charge >= 0.3 is 0 Å². The second kappa shape index (κ2) is 7.96. The fourth-order valence-electron chi connectivity index (χ4n) is 4.33. The average Bonchev–Trinajstić information content (AvgIpc) is 3.49. The van der Waals surface area contributed by atoms with E-state index in [1.807, 2.05) is 67.6 Å². The third-order valence-electron chi connectivity index (χ3n) is 6.44. The molecule has 1 saturated carbocycles. The molecule has 0 aromatic heterocycles. The van der Waals surface area contributed by atoms with Gasteiger partial charge in [-0.3, -0.25) is 9.59 Å². The van der Waals surface area contributed by atoms with E-state index in [0.717, 1.165) is 46.5 Å². The van der Waals surface area contributed by atoms with E-state index in [2.05, 4.69) is 5.32 Å². The van der Waals surface area contributed by atoms with Gasteiger partial charge in [-0.05, 0) is 78.4 Å². The van der Waals surface area contributed by atoms with Crippen LogP contribution in [0.5, 0.6) is 11.5 Å². The fourth-order valence-corrected chi connectivity index (χ4v) is 4.33. The summed E-state index contributed by atoms with van der Waals surface area (Å²) >= 11 is 0. The normalized spacial score (nSPS) is 15.1. The molecular formula is C27H26N2O4. The molecule has 0 bridgehead atoms. The van der Waals surface area contributed by atoms with Gasteiger partial charge in [-0.1, -0.05) is 24.3 Å². The first-order valence-corrected chi connectivity index (χ1v) is 11.0. The van der Waals surface area contributed by atoms with E-state index in [-0.39, 0.29) is 18.6 Å². The Morgan fingerprint density at radius 3 is 2.30 bits per heavy atom. The number of carbonyl (C=O) groups is 2. The molecule has 6 nitrogen and oxygen atoms in total. The van der Waals surface area contributed by atoms with Crippen LogP contribution >= 0.6 is 0 Å². The highest BCUT2D eigenvalue weighted by atomic mass is 16.7. The van der Waals surface area contributed by atoms with Gasteiger partial charge in [0.1, 0.15) is 0 Å². The van der Waals surface area contributed by atoms with Gasteiger partial charge in [-0.2, -0.15) is 0 Å². The quantitative estimate of drug-likeness (QED) is 0.619. The van der Waals surface area contributed by atoms with E-state index >= 15 is 0 Å². The van der Waals surface area contributed by atoms with Crippen LogP contribution in [-0.2, 0) is 10.2 Å². The lowest BCUT2D eigenvalue weighted by molar-refractivity contribution is -0.118. The number of hydrogen-bond acceptors (Lipinski definition) is 4. The summed E-state index contributed by atoms with van der Waals surface area (Å²) in [7, 11) is 3.48. The molecule has 0 saturated heterocycles. The minimum absolute atomic E-state index is 0.0000612. The van der Waals surface area contributed by atoms with Gasteiger partial charge in [0.05, 0.1) is 5.41 Å². The second-order valence-electron chi connectivity index (χ2n) is 8.91. The van der Waals surface area contributed by atoms with Crippen molar-refractivity contribution in [3.05, 3.63) is 77.4 Å². The van der Waals surface area contributed by atoms with E-state index in [0.29, 0.717) is 11.3 Å². The number of anilines is 1. The van der Waals surface area contributed by atoms with Crippen molar-refractivity contribution in [2.75, 3.05) is 26.2 Å². The van der Waals surface area contributed by atoms with E-state index < -0.39 is 5.41 Å². The lowest BCUT2D eigenvalue weighted by atomic mass is 9.94. The zero-order chi connectivity index (χ0) is 23.2. The highest BCUT2D eigenvalue weighted by Crippen LogP contribution is 2.51. The van der Waals surface area contributed by atoms with Gasteiger partial charge in [0.25, 0.3) is 5.91 Å². The van der Waals surface area contributed by atoms with E-state index in [4.69, 9.17) is 9.47 Å². The molecule has 168 valence electrons. The molecule has 5 rings (SSSR count). The van der Waals surface area contributed by atoms with Gasteiger partial charge in [0.15, 0.2) is 11.5 Å². The summed E-state index contributed by atoms with van der Waals surface area (Å²) in [6.45, 7) is 2.24. The largest absolute Gasteiger partial charge is 0.454 e. The Morgan fingerprint density at radius 1 is 0.909 bits per heavy atom. The fraction of sp³-hybridized carbons (Fsp3) is 0.259. The number of nitrogens with one attached hydrogen (secondary N) is 1. The number of carbonyl (C=O) groups excluding carboxylic acids is 2. The summed E-state index contributed by atoms with van der Waals surface area (Å²) in [6, 6.07) is 19.3. The number of benzene rings is 3. The molecule has 0 atom stereocenters. The highest BCUT2D eigenvalue weighted by Gasteiger charge is 2.51. The molecule has 1 aliphatic heterocycles. The number of rotatable bonds is 5. The first-order valence-electron chi connectivity index (χ1n) is 11.0. The van der Waals surface area contributed by atoms with Crippen molar-refractivity contribution in [1.29, 1.82) is 0 Å². The molecule has 1 fully saturated rings. The third-order valence-corrected chi connectivity index (χ3v) is 6.44. The maximum atomic E-state index is 13.2. The lowest BCUT2D eigenvalue weighted by Crippen LogP contribution is -2.27. The average molecular weight is 443 g/mol. The number of nitrogens with zero attached hydrogens (tertiary/aromatic N) is 1. The van der Waals surface area contributed by atoms with Gasteiger partial charge in [0.2, 0.25) is 12.7 Å². The number of amides is 2. The van der Waals surface area contributed by atoms with Crippen molar-refractivity contribution < 1.29 is 19.1 Å². The van der Waals surface area contributed by atoms with Crippen molar-refractivity contribution in [3.63, 3.8) is 0 Å². The minimum Gasteiger partial charge on any atom is -0.454 e. The Morgan fingerprint density at radius 2 is 1.64 bits per heavy atom. The summed E-state index contributed by atoms with van der Waals surface area (Å²) in [6.07, 6.45) is 1.63. The zero-order valence-electron chi connectivity index (χ0n) is 19.0. The molecule has 0 unspecified atom stereocenters. The summed E-state index contributed by atoms with van der Waals surface area (Å²) in [5.74, 6) is 1.40. The van der Waals surface area contributed by atoms with Crippen LogP contribution in [0.2, 0.25) is 0 Å². The smallest absolute Gasteiger partial charge is 0.253 e. The van der Waals surface area contributed by atoms with Crippen LogP contribution in [0.3, 0.4) is 0 Å². The van der Waals surface area contributed by atoms with Crippen LogP contribution in [0.4, 0.5) is 5.69 Å². The molecule has 6 heteroatoms. The first kappa shape index (κ1) is 21.1. The zero-order valence-corrected chi connectivity index (χ0v) is 19.0. The molecule has 0 radical (unpaired) electrons.